The Bertz CT molecular complexity index is 288. The van der Waals surface area contributed by atoms with E-state index >= 15 is 0 Å². The van der Waals surface area contributed by atoms with Crippen LogP contribution in [0.4, 0.5) is 0 Å². The molecule has 5 nitrogen and oxygen atoms in total. The summed E-state index contributed by atoms with van der Waals surface area (Å²) in [4.78, 5) is 22.2. The van der Waals surface area contributed by atoms with Gasteiger partial charge in [0.25, 0.3) is 0 Å². The van der Waals surface area contributed by atoms with E-state index in [1.165, 1.54) is 0 Å². The molecule has 2 unspecified atom stereocenters. The molecule has 1 fully saturated rings. The zero-order valence-electron chi connectivity index (χ0n) is 11.8. The van der Waals surface area contributed by atoms with Gasteiger partial charge in [0, 0.05) is 19.4 Å². The molecule has 1 aliphatic heterocycles. The van der Waals surface area contributed by atoms with Crippen molar-refractivity contribution in [2.24, 2.45) is 11.8 Å². The Hall–Kier alpha value is -1.10. The van der Waals surface area contributed by atoms with Crippen LogP contribution in [0.3, 0.4) is 0 Å². The van der Waals surface area contributed by atoms with Crippen molar-refractivity contribution in [2.45, 2.75) is 45.4 Å². The zero-order valence-corrected chi connectivity index (χ0v) is 11.8. The Morgan fingerprint density at radius 3 is 2.79 bits per heavy atom. The predicted molar refractivity (Wildman–Crippen MR) is 73.9 cm³/mol. The lowest BCUT2D eigenvalue weighted by Crippen LogP contribution is -2.28. The average Bonchev–Trinajstić information content (AvgIpc) is 2.86. The van der Waals surface area contributed by atoms with Crippen LogP contribution in [-0.4, -0.2) is 36.6 Å². The van der Waals surface area contributed by atoms with Gasteiger partial charge in [0.1, 0.15) is 0 Å². The van der Waals surface area contributed by atoms with Crippen LogP contribution >= 0.6 is 0 Å². The third kappa shape index (κ3) is 7.15. The number of hydrogen-bond acceptors (Lipinski definition) is 3. The summed E-state index contributed by atoms with van der Waals surface area (Å²) in [7, 11) is 0. The average molecular weight is 270 g/mol. The van der Waals surface area contributed by atoms with Gasteiger partial charge in [0.05, 0.1) is 0 Å². The molecular formula is C14H26N2O3. The Kier molecular flexibility index (Phi) is 7.48. The number of aliphatic carboxylic acids is 1. The maximum absolute atomic E-state index is 11.7. The van der Waals surface area contributed by atoms with Crippen molar-refractivity contribution in [1.29, 1.82) is 0 Å². The summed E-state index contributed by atoms with van der Waals surface area (Å²) < 4.78 is 0. The van der Waals surface area contributed by atoms with Crippen molar-refractivity contribution in [1.82, 2.24) is 10.6 Å². The molecule has 0 aromatic rings. The molecule has 1 amide bonds. The molecule has 0 aliphatic carbocycles. The topological polar surface area (TPSA) is 78.4 Å². The van der Waals surface area contributed by atoms with Crippen LogP contribution in [0.2, 0.25) is 0 Å². The Morgan fingerprint density at radius 2 is 2.21 bits per heavy atom. The summed E-state index contributed by atoms with van der Waals surface area (Å²) in [6.07, 6.45) is 4.46. The largest absolute Gasteiger partial charge is 0.481 e. The normalized spacial score (nSPS) is 20.2. The molecular weight excluding hydrogens is 244 g/mol. The minimum atomic E-state index is -0.740. The van der Waals surface area contributed by atoms with Gasteiger partial charge >= 0.3 is 5.97 Å². The highest BCUT2D eigenvalue weighted by Gasteiger charge is 2.18. The predicted octanol–water partition coefficient (Wildman–Crippen LogP) is 1.38. The third-order valence-electron chi connectivity index (χ3n) is 3.86. The highest BCUT2D eigenvalue weighted by Crippen LogP contribution is 2.15. The van der Waals surface area contributed by atoms with E-state index in [1.54, 1.807) is 0 Å². The van der Waals surface area contributed by atoms with E-state index in [0.717, 1.165) is 32.4 Å². The molecule has 0 saturated carbocycles. The molecule has 0 spiro atoms. The van der Waals surface area contributed by atoms with Gasteiger partial charge in [0.15, 0.2) is 0 Å². The Labute approximate surface area is 115 Å². The number of nitrogens with one attached hydrogen (secondary N) is 2. The van der Waals surface area contributed by atoms with Gasteiger partial charge < -0.3 is 15.7 Å². The molecule has 1 rings (SSSR count). The second-order valence-electron chi connectivity index (χ2n) is 5.41. The summed E-state index contributed by atoms with van der Waals surface area (Å²) in [6, 6.07) is 0. The van der Waals surface area contributed by atoms with Crippen LogP contribution in [0.1, 0.15) is 45.4 Å². The van der Waals surface area contributed by atoms with Crippen molar-refractivity contribution in [3.8, 4) is 0 Å². The van der Waals surface area contributed by atoms with Gasteiger partial charge in [-0.2, -0.15) is 0 Å². The summed E-state index contributed by atoms with van der Waals surface area (Å²) >= 11 is 0. The van der Waals surface area contributed by atoms with E-state index in [2.05, 4.69) is 17.6 Å². The van der Waals surface area contributed by atoms with E-state index in [9.17, 15) is 9.59 Å². The Morgan fingerprint density at radius 1 is 1.42 bits per heavy atom. The fraction of sp³-hybridized carbons (Fsp3) is 0.857. The number of carbonyl (C=O) groups excluding carboxylic acids is 1. The standard InChI is InChI=1S/C14H26N2O3/c1-2-11(3-4-14(18)19)6-8-16-13(17)9-12-5-7-15-10-12/h11-12,15H,2-10H2,1H3,(H,16,17)(H,18,19). The van der Waals surface area contributed by atoms with Gasteiger partial charge in [-0.25, -0.2) is 0 Å². The molecule has 110 valence electrons. The molecule has 5 heteroatoms. The molecule has 1 saturated heterocycles. The van der Waals surface area contributed by atoms with Crippen LogP contribution in [0.5, 0.6) is 0 Å². The number of carboxylic acid groups (broad SMARTS) is 1. The first-order valence-electron chi connectivity index (χ1n) is 7.31. The Balaban J connectivity index is 2.09. The van der Waals surface area contributed by atoms with Gasteiger partial charge in [-0.05, 0) is 44.2 Å². The molecule has 0 bridgehead atoms. The summed E-state index contributed by atoms with van der Waals surface area (Å²) in [5, 5.41) is 14.9. The first kappa shape index (κ1) is 16.0. The van der Waals surface area contributed by atoms with Crippen LogP contribution in [0, 0.1) is 11.8 Å². The smallest absolute Gasteiger partial charge is 0.303 e. The lowest BCUT2D eigenvalue weighted by Gasteiger charge is -2.14. The van der Waals surface area contributed by atoms with Crippen LogP contribution in [0.25, 0.3) is 0 Å². The molecule has 0 radical (unpaired) electrons. The first-order chi connectivity index (χ1) is 9.11. The maximum Gasteiger partial charge on any atom is 0.303 e. The van der Waals surface area contributed by atoms with Crippen LogP contribution < -0.4 is 10.6 Å². The van der Waals surface area contributed by atoms with E-state index in [4.69, 9.17) is 5.11 Å². The fourth-order valence-corrected chi connectivity index (χ4v) is 2.52. The van der Waals surface area contributed by atoms with E-state index in [-0.39, 0.29) is 12.3 Å². The van der Waals surface area contributed by atoms with Crippen molar-refractivity contribution in [3.05, 3.63) is 0 Å². The second-order valence-corrected chi connectivity index (χ2v) is 5.41. The maximum atomic E-state index is 11.7. The van der Waals surface area contributed by atoms with E-state index in [1.807, 2.05) is 0 Å². The summed E-state index contributed by atoms with van der Waals surface area (Å²) in [5.74, 6) is 0.261. The highest BCUT2D eigenvalue weighted by molar-refractivity contribution is 5.76. The molecule has 19 heavy (non-hydrogen) atoms. The number of amides is 1. The number of carboxylic acids is 1. The lowest BCUT2D eigenvalue weighted by atomic mass is 9.96. The van der Waals surface area contributed by atoms with Crippen LogP contribution in [0.15, 0.2) is 0 Å². The number of rotatable bonds is 9. The number of hydrogen-bond donors (Lipinski definition) is 3. The van der Waals surface area contributed by atoms with Crippen molar-refractivity contribution < 1.29 is 14.7 Å². The van der Waals surface area contributed by atoms with E-state index in [0.29, 0.717) is 31.2 Å². The quantitative estimate of drug-likeness (QED) is 0.591. The van der Waals surface area contributed by atoms with Crippen molar-refractivity contribution >= 4 is 11.9 Å². The molecule has 1 aliphatic rings. The number of carbonyl (C=O) groups is 2. The minimum Gasteiger partial charge on any atom is -0.481 e. The first-order valence-corrected chi connectivity index (χ1v) is 7.31. The van der Waals surface area contributed by atoms with E-state index < -0.39 is 5.97 Å². The minimum absolute atomic E-state index is 0.127. The second kappa shape index (κ2) is 8.91. The van der Waals surface area contributed by atoms with Crippen molar-refractivity contribution in [2.75, 3.05) is 19.6 Å². The summed E-state index contributed by atoms with van der Waals surface area (Å²) in [5.41, 5.74) is 0. The van der Waals surface area contributed by atoms with Crippen molar-refractivity contribution in [3.63, 3.8) is 0 Å². The lowest BCUT2D eigenvalue weighted by molar-refractivity contribution is -0.137. The SMILES string of the molecule is CCC(CCNC(=O)CC1CCNC1)CCC(=O)O. The monoisotopic (exact) mass is 270 g/mol. The van der Waals surface area contributed by atoms with Gasteiger partial charge in [-0.15, -0.1) is 0 Å². The molecule has 0 aromatic carbocycles. The molecule has 3 N–H and O–H groups in total. The molecule has 2 atom stereocenters. The zero-order chi connectivity index (χ0) is 14.1. The molecule has 0 aromatic heterocycles. The van der Waals surface area contributed by atoms with Crippen LogP contribution in [-0.2, 0) is 9.59 Å². The highest BCUT2D eigenvalue weighted by atomic mass is 16.4. The van der Waals surface area contributed by atoms with Gasteiger partial charge in [-0.1, -0.05) is 13.3 Å². The summed E-state index contributed by atoms with van der Waals surface area (Å²) in [6.45, 7) is 4.70. The van der Waals surface area contributed by atoms with Gasteiger partial charge in [0.2, 0.25) is 5.91 Å². The fourth-order valence-electron chi connectivity index (χ4n) is 2.52. The van der Waals surface area contributed by atoms with Gasteiger partial charge in [-0.3, -0.25) is 9.59 Å². The molecule has 1 heterocycles. The third-order valence-corrected chi connectivity index (χ3v) is 3.86.